The van der Waals surface area contributed by atoms with Crippen LogP contribution in [-0.4, -0.2) is 26.6 Å². The van der Waals surface area contributed by atoms with Crippen molar-refractivity contribution in [2.45, 2.75) is 30.0 Å². The lowest BCUT2D eigenvalue weighted by molar-refractivity contribution is -0.117. The first-order valence-electron chi connectivity index (χ1n) is 10.1. The van der Waals surface area contributed by atoms with Crippen LogP contribution in [-0.2, 0) is 20.6 Å². The van der Waals surface area contributed by atoms with E-state index in [9.17, 15) is 17.6 Å². The highest BCUT2D eigenvalue weighted by molar-refractivity contribution is 7.98. The molecule has 1 atom stereocenters. The van der Waals surface area contributed by atoms with E-state index in [-0.39, 0.29) is 12.1 Å². The molecule has 168 valence electrons. The molecule has 1 amide bonds. The summed E-state index contributed by atoms with van der Waals surface area (Å²) in [6.07, 6.45) is 1.29. The van der Waals surface area contributed by atoms with Crippen LogP contribution in [0.2, 0.25) is 0 Å². The lowest BCUT2D eigenvalue weighted by Crippen LogP contribution is -2.47. The Morgan fingerprint density at radius 1 is 1.00 bits per heavy atom. The third kappa shape index (κ3) is 6.34. The highest BCUT2D eigenvalue weighted by Gasteiger charge is 2.31. The van der Waals surface area contributed by atoms with E-state index in [1.165, 1.54) is 29.2 Å². The summed E-state index contributed by atoms with van der Waals surface area (Å²) >= 11 is 1.72. The molecule has 3 rings (SSSR count). The molecule has 0 spiro atoms. The Hall–Kier alpha value is -2.84. The molecule has 0 aliphatic rings. The summed E-state index contributed by atoms with van der Waals surface area (Å²) in [6, 6.07) is 21.6. The van der Waals surface area contributed by atoms with Gasteiger partial charge in [0.05, 0.1) is 11.9 Å². The zero-order valence-electron chi connectivity index (χ0n) is 17.9. The van der Waals surface area contributed by atoms with E-state index in [2.05, 4.69) is 17.4 Å². The first kappa shape index (κ1) is 23.8. The minimum Gasteiger partial charge on any atom is -0.324 e. The Labute approximate surface area is 192 Å². The number of hydrogen-bond donors (Lipinski definition) is 1. The second-order valence-electron chi connectivity index (χ2n) is 7.25. The number of hydrogen-bond acceptors (Lipinski definition) is 4. The highest BCUT2D eigenvalue weighted by atomic mass is 32.2. The summed E-state index contributed by atoms with van der Waals surface area (Å²) in [6.45, 7) is 1.73. The van der Waals surface area contributed by atoms with Crippen molar-refractivity contribution in [3.63, 3.8) is 0 Å². The predicted octanol–water partition coefficient (Wildman–Crippen LogP) is 5.30. The summed E-state index contributed by atoms with van der Waals surface area (Å²) in [7, 11) is -3.77. The molecule has 0 aromatic heterocycles. The van der Waals surface area contributed by atoms with Crippen LogP contribution in [0.1, 0.15) is 18.9 Å². The lowest BCUT2D eigenvalue weighted by atomic mass is 10.1. The molecule has 32 heavy (non-hydrogen) atoms. The summed E-state index contributed by atoms with van der Waals surface area (Å²) in [4.78, 5) is 14.2. The first-order valence-corrected chi connectivity index (χ1v) is 12.9. The van der Waals surface area contributed by atoms with Crippen LogP contribution >= 0.6 is 11.8 Å². The third-order valence-electron chi connectivity index (χ3n) is 4.78. The van der Waals surface area contributed by atoms with Crippen molar-refractivity contribution in [1.29, 1.82) is 0 Å². The van der Waals surface area contributed by atoms with Gasteiger partial charge in [-0.05, 0) is 60.5 Å². The van der Waals surface area contributed by atoms with Crippen LogP contribution in [0.5, 0.6) is 0 Å². The van der Waals surface area contributed by atoms with Gasteiger partial charge in [0.25, 0.3) is 0 Å². The Morgan fingerprint density at radius 2 is 1.62 bits per heavy atom. The number of halogens is 1. The zero-order chi connectivity index (χ0) is 23.1. The standard InChI is InChI=1S/C24H25FN2O3S2/c1-3-23(27(32(2,29)30)21-15-11-19(25)12-16-21)24(28)26-20-13-9-18(10-14-20)17-31-22-7-5-4-6-8-22/h4-16,23H,3,17H2,1-2H3,(H,26,28)/t23-/m1/s1. The van der Waals surface area contributed by atoms with Crippen LogP contribution < -0.4 is 9.62 Å². The number of nitrogens with one attached hydrogen (secondary N) is 1. The average Bonchev–Trinajstić information content (AvgIpc) is 2.77. The molecular formula is C24H25FN2O3S2. The fraction of sp³-hybridized carbons (Fsp3) is 0.208. The van der Waals surface area contributed by atoms with E-state index in [1.807, 2.05) is 30.3 Å². The van der Waals surface area contributed by atoms with E-state index < -0.39 is 27.8 Å². The van der Waals surface area contributed by atoms with Crippen LogP contribution in [0.25, 0.3) is 0 Å². The number of thioether (sulfide) groups is 1. The summed E-state index contributed by atoms with van der Waals surface area (Å²) < 4.78 is 39.3. The van der Waals surface area contributed by atoms with Crippen molar-refractivity contribution in [3.8, 4) is 0 Å². The topological polar surface area (TPSA) is 66.5 Å². The minimum atomic E-state index is -3.77. The maximum atomic E-state index is 13.3. The molecule has 5 nitrogen and oxygen atoms in total. The quantitative estimate of drug-likeness (QED) is 0.429. The molecule has 8 heteroatoms. The van der Waals surface area contributed by atoms with Crippen molar-refractivity contribution in [2.24, 2.45) is 0 Å². The van der Waals surface area contributed by atoms with Crippen LogP contribution in [0.15, 0.2) is 83.8 Å². The number of carbonyl (C=O) groups excluding carboxylic acids is 1. The Balaban J connectivity index is 1.71. The molecule has 3 aromatic carbocycles. The van der Waals surface area contributed by atoms with E-state index in [1.54, 1.807) is 30.8 Å². The van der Waals surface area contributed by atoms with E-state index >= 15 is 0 Å². The molecule has 0 radical (unpaired) electrons. The maximum absolute atomic E-state index is 13.3. The van der Waals surface area contributed by atoms with Crippen molar-refractivity contribution in [1.82, 2.24) is 0 Å². The van der Waals surface area contributed by atoms with E-state index in [0.29, 0.717) is 5.69 Å². The largest absolute Gasteiger partial charge is 0.324 e. The number of amides is 1. The van der Waals surface area contributed by atoms with Gasteiger partial charge in [-0.1, -0.05) is 37.3 Å². The number of nitrogens with zero attached hydrogens (tertiary/aromatic N) is 1. The van der Waals surface area contributed by atoms with Crippen molar-refractivity contribution in [3.05, 3.63) is 90.2 Å². The average molecular weight is 473 g/mol. The van der Waals surface area contributed by atoms with Gasteiger partial charge in [0, 0.05) is 16.3 Å². The molecule has 0 aliphatic heterocycles. The number of anilines is 2. The van der Waals surface area contributed by atoms with E-state index in [0.717, 1.165) is 21.9 Å². The molecule has 3 aromatic rings. The normalized spacial score (nSPS) is 12.2. The van der Waals surface area contributed by atoms with Gasteiger partial charge in [0.2, 0.25) is 15.9 Å². The number of rotatable bonds is 9. The fourth-order valence-corrected chi connectivity index (χ4v) is 5.33. The molecule has 0 bridgehead atoms. The molecule has 1 N–H and O–H groups in total. The smallest absolute Gasteiger partial charge is 0.248 e. The molecule has 0 saturated heterocycles. The Kier molecular flexibility index (Phi) is 7.93. The van der Waals surface area contributed by atoms with Crippen molar-refractivity contribution in [2.75, 3.05) is 15.9 Å². The molecular weight excluding hydrogens is 447 g/mol. The van der Waals surface area contributed by atoms with Gasteiger partial charge < -0.3 is 5.32 Å². The van der Waals surface area contributed by atoms with Gasteiger partial charge in [0.1, 0.15) is 11.9 Å². The first-order chi connectivity index (χ1) is 15.3. The van der Waals surface area contributed by atoms with Crippen LogP contribution in [0.4, 0.5) is 15.8 Å². The van der Waals surface area contributed by atoms with Gasteiger partial charge in [-0.2, -0.15) is 0 Å². The van der Waals surface area contributed by atoms with Crippen molar-refractivity contribution >= 4 is 39.1 Å². The lowest BCUT2D eigenvalue weighted by Gasteiger charge is -2.30. The van der Waals surface area contributed by atoms with Gasteiger partial charge in [-0.3, -0.25) is 9.10 Å². The Bertz CT molecular complexity index is 1140. The molecule has 0 fully saturated rings. The minimum absolute atomic E-state index is 0.240. The second kappa shape index (κ2) is 10.7. The zero-order valence-corrected chi connectivity index (χ0v) is 19.5. The van der Waals surface area contributed by atoms with E-state index in [4.69, 9.17) is 0 Å². The monoisotopic (exact) mass is 472 g/mol. The third-order valence-corrected chi connectivity index (χ3v) is 7.04. The van der Waals surface area contributed by atoms with Crippen LogP contribution in [0, 0.1) is 5.82 Å². The van der Waals surface area contributed by atoms with Gasteiger partial charge in [-0.25, -0.2) is 12.8 Å². The predicted molar refractivity (Wildman–Crippen MR) is 129 cm³/mol. The molecule has 0 unspecified atom stereocenters. The van der Waals surface area contributed by atoms with Gasteiger partial charge in [0.15, 0.2) is 0 Å². The maximum Gasteiger partial charge on any atom is 0.248 e. The number of benzene rings is 3. The van der Waals surface area contributed by atoms with Gasteiger partial charge in [-0.15, -0.1) is 11.8 Å². The SMILES string of the molecule is CC[C@H](C(=O)Nc1ccc(CSc2ccccc2)cc1)N(c1ccc(F)cc1)S(C)(=O)=O. The summed E-state index contributed by atoms with van der Waals surface area (Å²) in [5, 5.41) is 2.80. The highest BCUT2D eigenvalue weighted by Crippen LogP contribution is 2.25. The molecule has 0 saturated carbocycles. The number of carbonyl (C=O) groups is 1. The second-order valence-corrected chi connectivity index (χ2v) is 10.2. The van der Waals surface area contributed by atoms with Crippen molar-refractivity contribution < 1.29 is 17.6 Å². The molecule has 0 heterocycles. The van der Waals surface area contributed by atoms with Crippen LogP contribution in [0.3, 0.4) is 0 Å². The van der Waals surface area contributed by atoms with Gasteiger partial charge >= 0.3 is 0 Å². The molecule has 0 aliphatic carbocycles. The number of sulfonamides is 1. The Morgan fingerprint density at radius 3 is 2.19 bits per heavy atom. The summed E-state index contributed by atoms with van der Waals surface area (Å²) in [5.41, 5.74) is 1.92. The fourth-order valence-electron chi connectivity index (χ4n) is 3.24. The summed E-state index contributed by atoms with van der Waals surface area (Å²) in [5.74, 6) is -0.138.